The predicted octanol–water partition coefficient (Wildman–Crippen LogP) is 2.56. The molecule has 1 aromatic heterocycles. The van der Waals surface area contributed by atoms with Crippen LogP contribution in [0.2, 0.25) is 5.15 Å². The second-order valence-electron chi connectivity index (χ2n) is 3.96. The molecule has 0 unspecified atom stereocenters. The molecule has 0 saturated heterocycles. The number of hydrogen-bond acceptors (Lipinski definition) is 2. The van der Waals surface area contributed by atoms with E-state index < -0.39 is 0 Å². The number of halogens is 1. The molecular weight excluding hydrogens is 212 g/mol. The van der Waals surface area contributed by atoms with E-state index in [1.54, 1.807) is 26.2 Å². The highest BCUT2D eigenvalue weighted by atomic mass is 35.5. The number of aromatic nitrogens is 1. The minimum atomic E-state index is -0.0544. The molecule has 0 saturated carbocycles. The molecule has 0 N–H and O–H groups in total. The van der Waals surface area contributed by atoms with Crippen molar-refractivity contribution in [1.82, 2.24) is 9.88 Å². The minimum absolute atomic E-state index is 0.0544. The van der Waals surface area contributed by atoms with Gasteiger partial charge >= 0.3 is 0 Å². The van der Waals surface area contributed by atoms with Crippen LogP contribution in [0.15, 0.2) is 12.1 Å². The maximum Gasteiger partial charge on any atom is 0.253 e. The molecule has 1 rings (SSSR count). The van der Waals surface area contributed by atoms with Gasteiger partial charge in [0.15, 0.2) is 0 Å². The second kappa shape index (κ2) is 4.62. The van der Waals surface area contributed by atoms with Crippen molar-refractivity contribution in [1.29, 1.82) is 0 Å². The van der Waals surface area contributed by atoms with Gasteiger partial charge in [-0.1, -0.05) is 25.4 Å². The summed E-state index contributed by atoms with van der Waals surface area (Å²) >= 11 is 5.86. The Hall–Kier alpha value is -1.09. The van der Waals surface area contributed by atoms with Gasteiger partial charge in [-0.25, -0.2) is 4.98 Å². The number of carbonyl (C=O) groups excluding carboxylic acids is 1. The van der Waals surface area contributed by atoms with Gasteiger partial charge in [-0.2, -0.15) is 0 Å². The molecule has 0 aliphatic carbocycles. The number of pyridine rings is 1. The Kier molecular flexibility index (Phi) is 3.69. The monoisotopic (exact) mass is 226 g/mol. The number of rotatable bonds is 2. The molecule has 0 spiro atoms. The number of amides is 1. The maximum absolute atomic E-state index is 11.7. The number of nitrogens with zero attached hydrogens (tertiary/aromatic N) is 2. The Bertz CT molecular complexity index is 375. The molecular formula is C11H15ClN2O. The van der Waals surface area contributed by atoms with Crippen LogP contribution in [0.3, 0.4) is 0 Å². The van der Waals surface area contributed by atoms with Crippen LogP contribution in [0.4, 0.5) is 0 Å². The Morgan fingerprint density at radius 3 is 2.47 bits per heavy atom. The smallest absolute Gasteiger partial charge is 0.253 e. The third kappa shape index (κ3) is 2.93. The highest BCUT2D eigenvalue weighted by Gasteiger charge is 2.12. The summed E-state index contributed by atoms with van der Waals surface area (Å²) in [7, 11) is 3.43. The lowest BCUT2D eigenvalue weighted by atomic mass is 10.1. The molecule has 0 aliphatic heterocycles. The molecule has 0 bridgehead atoms. The summed E-state index contributed by atoms with van der Waals surface area (Å²) in [5.74, 6) is 0.207. The van der Waals surface area contributed by atoms with Crippen LogP contribution in [0.5, 0.6) is 0 Å². The fraction of sp³-hybridized carbons (Fsp3) is 0.455. The normalized spacial score (nSPS) is 10.5. The van der Waals surface area contributed by atoms with Crippen molar-refractivity contribution in [2.45, 2.75) is 19.8 Å². The third-order valence-corrected chi connectivity index (χ3v) is 2.25. The summed E-state index contributed by atoms with van der Waals surface area (Å²) in [6.45, 7) is 4.03. The van der Waals surface area contributed by atoms with E-state index in [0.29, 0.717) is 10.7 Å². The van der Waals surface area contributed by atoms with E-state index in [0.717, 1.165) is 5.69 Å². The van der Waals surface area contributed by atoms with Crippen LogP contribution in [-0.4, -0.2) is 29.9 Å². The van der Waals surface area contributed by atoms with E-state index in [2.05, 4.69) is 4.98 Å². The zero-order valence-electron chi connectivity index (χ0n) is 9.41. The van der Waals surface area contributed by atoms with Gasteiger partial charge in [0.2, 0.25) is 0 Å². The zero-order valence-corrected chi connectivity index (χ0v) is 10.2. The molecule has 0 aliphatic rings. The van der Waals surface area contributed by atoms with Crippen LogP contribution < -0.4 is 0 Å². The van der Waals surface area contributed by atoms with Crippen molar-refractivity contribution >= 4 is 17.5 Å². The van der Waals surface area contributed by atoms with E-state index in [9.17, 15) is 4.79 Å². The maximum atomic E-state index is 11.7. The molecule has 82 valence electrons. The van der Waals surface area contributed by atoms with E-state index in [-0.39, 0.29) is 11.8 Å². The van der Waals surface area contributed by atoms with Crippen molar-refractivity contribution in [2.24, 2.45) is 0 Å². The van der Waals surface area contributed by atoms with Gasteiger partial charge in [-0.05, 0) is 18.1 Å². The first kappa shape index (κ1) is 12.0. The van der Waals surface area contributed by atoms with Crippen LogP contribution in [0, 0.1) is 0 Å². The standard InChI is InChI=1S/C11H15ClN2O/c1-7(2)9-5-8(6-10(12)13-9)11(15)14(3)4/h5-7H,1-4H3. The van der Waals surface area contributed by atoms with Crippen molar-refractivity contribution in [3.63, 3.8) is 0 Å². The Labute approximate surface area is 95.1 Å². The quantitative estimate of drug-likeness (QED) is 0.727. The first-order valence-corrected chi connectivity index (χ1v) is 5.18. The lowest BCUT2D eigenvalue weighted by Gasteiger charge is -2.12. The van der Waals surface area contributed by atoms with Crippen molar-refractivity contribution in [3.05, 3.63) is 28.5 Å². The van der Waals surface area contributed by atoms with Gasteiger partial charge in [-0.15, -0.1) is 0 Å². The fourth-order valence-electron chi connectivity index (χ4n) is 1.19. The van der Waals surface area contributed by atoms with Gasteiger partial charge < -0.3 is 4.90 Å². The fourth-order valence-corrected chi connectivity index (χ4v) is 1.41. The number of hydrogen-bond donors (Lipinski definition) is 0. The molecule has 1 heterocycles. The summed E-state index contributed by atoms with van der Waals surface area (Å²) in [4.78, 5) is 17.4. The summed E-state index contributed by atoms with van der Waals surface area (Å²) in [6.07, 6.45) is 0. The third-order valence-electron chi connectivity index (χ3n) is 2.06. The van der Waals surface area contributed by atoms with E-state index >= 15 is 0 Å². The molecule has 0 aromatic carbocycles. The van der Waals surface area contributed by atoms with Gasteiger partial charge in [0.25, 0.3) is 5.91 Å². The van der Waals surface area contributed by atoms with E-state index in [1.165, 1.54) is 4.90 Å². The number of carbonyl (C=O) groups is 1. The average molecular weight is 227 g/mol. The highest BCUT2D eigenvalue weighted by molar-refractivity contribution is 6.29. The summed E-state index contributed by atoms with van der Waals surface area (Å²) in [6, 6.07) is 3.38. The van der Waals surface area contributed by atoms with E-state index in [4.69, 9.17) is 11.6 Å². The lowest BCUT2D eigenvalue weighted by molar-refractivity contribution is 0.0827. The SMILES string of the molecule is CC(C)c1cc(C(=O)N(C)C)cc(Cl)n1. The average Bonchev–Trinajstić information content (AvgIpc) is 2.15. The van der Waals surface area contributed by atoms with Crippen LogP contribution in [-0.2, 0) is 0 Å². The molecule has 15 heavy (non-hydrogen) atoms. The molecule has 0 atom stereocenters. The van der Waals surface area contributed by atoms with E-state index in [1.807, 2.05) is 13.8 Å². The molecule has 1 aromatic rings. The highest BCUT2D eigenvalue weighted by Crippen LogP contribution is 2.18. The van der Waals surface area contributed by atoms with Crippen molar-refractivity contribution in [2.75, 3.05) is 14.1 Å². The summed E-state index contributed by atoms with van der Waals surface area (Å²) in [5.41, 5.74) is 1.43. The van der Waals surface area contributed by atoms with Gasteiger partial charge in [0.1, 0.15) is 5.15 Å². The van der Waals surface area contributed by atoms with Crippen molar-refractivity contribution in [3.8, 4) is 0 Å². The molecule has 4 heteroatoms. The predicted molar refractivity (Wildman–Crippen MR) is 61.4 cm³/mol. The van der Waals surface area contributed by atoms with Gasteiger partial charge in [0, 0.05) is 25.4 Å². The van der Waals surface area contributed by atoms with Crippen LogP contribution in [0.25, 0.3) is 0 Å². The first-order valence-electron chi connectivity index (χ1n) is 4.81. The molecule has 0 fully saturated rings. The Balaban J connectivity index is 3.14. The molecule has 0 radical (unpaired) electrons. The van der Waals surface area contributed by atoms with Crippen molar-refractivity contribution < 1.29 is 4.79 Å². The molecule has 3 nitrogen and oxygen atoms in total. The van der Waals surface area contributed by atoms with Gasteiger partial charge in [-0.3, -0.25) is 4.79 Å². The van der Waals surface area contributed by atoms with Crippen LogP contribution >= 0.6 is 11.6 Å². The zero-order chi connectivity index (χ0) is 11.6. The second-order valence-corrected chi connectivity index (χ2v) is 4.34. The largest absolute Gasteiger partial charge is 0.345 e. The summed E-state index contributed by atoms with van der Waals surface area (Å²) < 4.78 is 0. The molecule has 1 amide bonds. The first-order chi connectivity index (χ1) is 6.91. The van der Waals surface area contributed by atoms with Crippen LogP contribution in [0.1, 0.15) is 35.8 Å². The lowest BCUT2D eigenvalue weighted by Crippen LogP contribution is -2.22. The Morgan fingerprint density at radius 1 is 1.40 bits per heavy atom. The Morgan fingerprint density at radius 2 is 2.00 bits per heavy atom. The van der Waals surface area contributed by atoms with Gasteiger partial charge in [0.05, 0.1) is 0 Å². The minimum Gasteiger partial charge on any atom is -0.345 e. The topological polar surface area (TPSA) is 33.2 Å². The summed E-state index contributed by atoms with van der Waals surface area (Å²) in [5, 5.41) is 0.367.